The van der Waals surface area contributed by atoms with Crippen LogP contribution in [0.1, 0.15) is 63.6 Å². The maximum atomic E-state index is 12.8. The molecule has 1 fully saturated rings. The molecule has 1 N–H and O–H groups in total. The van der Waals surface area contributed by atoms with E-state index in [1.165, 1.54) is 0 Å². The molecular weight excluding hydrogens is 396 g/mol. The maximum Gasteiger partial charge on any atom is 0.275 e. The van der Waals surface area contributed by atoms with Gasteiger partial charge in [0.1, 0.15) is 17.3 Å². The van der Waals surface area contributed by atoms with E-state index in [-0.39, 0.29) is 11.9 Å². The number of aryl methyl sites for hydroxylation is 3. The van der Waals surface area contributed by atoms with E-state index in [9.17, 15) is 4.79 Å². The predicted molar refractivity (Wildman–Crippen MR) is 118 cm³/mol. The van der Waals surface area contributed by atoms with Gasteiger partial charge < -0.3 is 5.32 Å². The summed E-state index contributed by atoms with van der Waals surface area (Å²) in [4.78, 5) is 33.4. The van der Waals surface area contributed by atoms with Crippen LogP contribution in [0.4, 0.5) is 5.82 Å². The number of nitrogens with zero attached hydrogens (tertiary/aromatic N) is 5. The maximum absolute atomic E-state index is 12.8. The van der Waals surface area contributed by atoms with Crippen molar-refractivity contribution in [3.05, 3.63) is 63.3 Å². The number of amides is 1. The van der Waals surface area contributed by atoms with Gasteiger partial charge in [-0.1, -0.05) is 12.5 Å². The Balaban J connectivity index is 1.56. The lowest BCUT2D eigenvalue weighted by atomic mass is 10.0. The van der Waals surface area contributed by atoms with Crippen LogP contribution < -0.4 is 5.32 Å². The predicted octanol–water partition coefficient (Wildman–Crippen LogP) is 4.23. The first-order chi connectivity index (χ1) is 14.5. The van der Waals surface area contributed by atoms with Crippen LogP contribution in [-0.2, 0) is 6.54 Å². The van der Waals surface area contributed by atoms with E-state index in [4.69, 9.17) is 0 Å². The molecule has 0 saturated carbocycles. The molecule has 4 heterocycles. The normalized spacial score (nSPS) is 17.1. The molecule has 0 aromatic carbocycles. The van der Waals surface area contributed by atoms with Crippen LogP contribution in [0.2, 0.25) is 0 Å². The van der Waals surface area contributed by atoms with Gasteiger partial charge in [0.25, 0.3) is 5.91 Å². The van der Waals surface area contributed by atoms with Crippen molar-refractivity contribution in [2.24, 2.45) is 0 Å². The van der Waals surface area contributed by atoms with Crippen molar-refractivity contribution in [3.63, 3.8) is 0 Å². The number of carbonyl (C=O) groups excluding carboxylic acids is 1. The minimum atomic E-state index is -0.268. The third-order valence-corrected chi connectivity index (χ3v) is 6.02. The van der Waals surface area contributed by atoms with Crippen molar-refractivity contribution in [2.75, 3.05) is 11.9 Å². The summed E-state index contributed by atoms with van der Waals surface area (Å²) in [5.41, 5.74) is 3.29. The van der Waals surface area contributed by atoms with E-state index in [0.717, 1.165) is 54.3 Å². The Morgan fingerprint density at radius 1 is 1.20 bits per heavy atom. The van der Waals surface area contributed by atoms with Crippen molar-refractivity contribution >= 4 is 23.1 Å². The van der Waals surface area contributed by atoms with Crippen LogP contribution in [0, 0.1) is 20.8 Å². The lowest BCUT2D eigenvalue weighted by Gasteiger charge is -2.34. The number of pyridine rings is 1. The number of aromatic nitrogens is 4. The molecule has 0 aliphatic carbocycles. The van der Waals surface area contributed by atoms with Gasteiger partial charge >= 0.3 is 0 Å². The highest BCUT2D eigenvalue weighted by molar-refractivity contribution is 7.09. The fourth-order valence-electron chi connectivity index (χ4n) is 3.74. The molecule has 4 rings (SSSR count). The highest BCUT2D eigenvalue weighted by Crippen LogP contribution is 2.30. The Labute approximate surface area is 180 Å². The molecule has 7 nitrogen and oxygen atoms in total. The lowest BCUT2D eigenvalue weighted by molar-refractivity contribution is 0.101. The Kier molecular flexibility index (Phi) is 6.15. The van der Waals surface area contributed by atoms with Crippen LogP contribution in [0.15, 0.2) is 29.8 Å². The summed E-state index contributed by atoms with van der Waals surface area (Å²) in [5.74, 6) is 0.959. The largest absolute Gasteiger partial charge is 0.305 e. The second-order valence-electron chi connectivity index (χ2n) is 7.77. The highest BCUT2D eigenvalue weighted by Gasteiger charge is 2.28. The van der Waals surface area contributed by atoms with Gasteiger partial charge in [-0.2, -0.15) is 0 Å². The summed E-state index contributed by atoms with van der Waals surface area (Å²) in [7, 11) is 0. The van der Waals surface area contributed by atoms with Crippen molar-refractivity contribution in [1.29, 1.82) is 0 Å². The first-order valence-electron chi connectivity index (χ1n) is 10.2. The second-order valence-corrected chi connectivity index (χ2v) is 8.83. The minimum absolute atomic E-state index is 0.0877. The quantitative estimate of drug-likeness (QED) is 0.662. The molecule has 0 bridgehead atoms. The van der Waals surface area contributed by atoms with E-state index in [1.807, 2.05) is 26.8 Å². The average Bonchev–Trinajstić information content (AvgIpc) is 3.14. The van der Waals surface area contributed by atoms with Gasteiger partial charge in [0, 0.05) is 23.8 Å². The zero-order chi connectivity index (χ0) is 21.1. The highest BCUT2D eigenvalue weighted by atomic mass is 32.1. The molecule has 30 heavy (non-hydrogen) atoms. The Bertz CT molecular complexity index is 1030. The van der Waals surface area contributed by atoms with Gasteiger partial charge in [-0.3, -0.25) is 9.69 Å². The molecule has 3 aromatic rings. The van der Waals surface area contributed by atoms with Crippen LogP contribution in [0.3, 0.4) is 0 Å². The van der Waals surface area contributed by atoms with E-state index in [2.05, 4.69) is 35.5 Å². The molecule has 8 heteroatoms. The molecule has 1 atom stereocenters. The van der Waals surface area contributed by atoms with Crippen LogP contribution in [0.5, 0.6) is 0 Å². The summed E-state index contributed by atoms with van der Waals surface area (Å²) in [6.07, 6.45) is 4.99. The molecule has 0 radical (unpaired) electrons. The number of piperidine rings is 1. The summed E-state index contributed by atoms with van der Waals surface area (Å²) < 4.78 is 0. The van der Waals surface area contributed by atoms with Gasteiger partial charge in [-0.15, -0.1) is 11.3 Å². The number of rotatable bonds is 5. The zero-order valence-corrected chi connectivity index (χ0v) is 18.4. The van der Waals surface area contributed by atoms with Gasteiger partial charge in [-0.05, 0) is 57.9 Å². The van der Waals surface area contributed by atoms with Crippen LogP contribution in [-0.4, -0.2) is 37.3 Å². The molecular formula is C22H26N6OS. The molecule has 156 valence electrons. The van der Waals surface area contributed by atoms with Crippen molar-refractivity contribution in [2.45, 2.75) is 52.6 Å². The number of hydrogen-bond donors (Lipinski definition) is 1. The number of thiazole rings is 1. The first-order valence-corrected chi connectivity index (χ1v) is 11.1. The second kappa shape index (κ2) is 8.97. The summed E-state index contributed by atoms with van der Waals surface area (Å²) in [5, 5.41) is 6.03. The van der Waals surface area contributed by atoms with Crippen molar-refractivity contribution in [1.82, 2.24) is 24.8 Å². The van der Waals surface area contributed by atoms with Gasteiger partial charge in [0.05, 0.1) is 16.7 Å². The van der Waals surface area contributed by atoms with Crippen molar-refractivity contribution < 1.29 is 4.79 Å². The molecule has 1 saturated heterocycles. The van der Waals surface area contributed by atoms with E-state index in [0.29, 0.717) is 17.3 Å². The SMILES string of the molecule is Cc1ccc(NC(=O)c2cc(C)nc(C3CCCCN3Cc3csc(C)n3)n2)nc1. The van der Waals surface area contributed by atoms with E-state index < -0.39 is 0 Å². The molecule has 0 spiro atoms. The smallest absolute Gasteiger partial charge is 0.275 e. The Hall–Kier alpha value is -2.71. The van der Waals surface area contributed by atoms with E-state index in [1.54, 1.807) is 29.7 Å². The number of likely N-dealkylation sites (tertiary alicyclic amines) is 1. The topological polar surface area (TPSA) is 83.9 Å². The van der Waals surface area contributed by atoms with Crippen molar-refractivity contribution in [3.8, 4) is 0 Å². The van der Waals surface area contributed by atoms with Crippen LogP contribution >= 0.6 is 11.3 Å². The number of nitrogens with one attached hydrogen (secondary N) is 1. The van der Waals surface area contributed by atoms with Crippen LogP contribution in [0.25, 0.3) is 0 Å². The average molecular weight is 423 g/mol. The summed E-state index contributed by atoms with van der Waals surface area (Å²) >= 11 is 1.67. The molecule has 1 aliphatic rings. The number of carbonyl (C=O) groups is 1. The van der Waals surface area contributed by atoms with E-state index >= 15 is 0 Å². The molecule has 1 unspecified atom stereocenters. The third-order valence-electron chi connectivity index (χ3n) is 5.20. The molecule has 1 amide bonds. The summed E-state index contributed by atoms with van der Waals surface area (Å²) in [6, 6.07) is 5.52. The zero-order valence-electron chi connectivity index (χ0n) is 17.6. The fraction of sp³-hybridized carbons (Fsp3) is 0.409. The Morgan fingerprint density at radius 2 is 2.07 bits per heavy atom. The van der Waals surface area contributed by atoms with Gasteiger partial charge in [-0.25, -0.2) is 19.9 Å². The number of anilines is 1. The standard InChI is InChI=1S/C22H26N6OS/c1-14-7-8-20(23-11-14)27-22(29)18-10-15(2)24-21(26-18)19-6-4-5-9-28(19)12-17-13-30-16(3)25-17/h7-8,10-11,13,19H,4-6,9,12H2,1-3H3,(H,23,27,29). The molecule has 3 aromatic heterocycles. The Morgan fingerprint density at radius 3 is 2.80 bits per heavy atom. The monoisotopic (exact) mass is 422 g/mol. The first kappa shape index (κ1) is 20.6. The van der Waals surface area contributed by atoms with Gasteiger partial charge in [0.15, 0.2) is 0 Å². The third kappa shape index (κ3) is 4.88. The fourth-order valence-corrected chi connectivity index (χ4v) is 4.34. The summed E-state index contributed by atoms with van der Waals surface area (Å²) in [6.45, 7) is 7.65. The number of hydrogen-bond acceptors (Lipinski definition) is 7. The lowest BCUT2D eigenvalue weighted by Crippen LogP contribution is -2.34. The van der Waals surface area contributed by atoms with Gasteiger partial charge in [0.2, 0.25) is 0 Å². The minimum Gasteiger partial charge on any atom is -0.305 e. The molecule has 1 aliphatic heterocycles.